The maximum absolute atomic E-state index is 12.3. The minimum absolute atomic E-state index is 0.0256. The van der Waals surface area contributed by atoms with Gasteiger partial charge in [0.05, 0.1) is 16.6 Å². The zero-order valence-corrected chi connectivity index (χ0v) is 12.1. The molecule has 0 bridgehead atoms. The highest BCUT2D eigenvalue weighted by atomic mass is 35.5. The number of hydrogen-bond acceptors (Lipinski definition) is 5. The van der Waals surface area contributed by atoms with Gasteiger partial charge in [0.1, 0.15) is 17.4 Å². The number of nitrogens with two attached hydrogens (primary N) is 1. The van der Waals surface area contributed by atoms with Gasteiger partial charge in [0.25, 0.3) is 0 Å². The Hall–Kier alpha value is -2.26. The molecule has 7 heteroatoms. The number of rotatable bonds is 1. The highest BCUT2D eigenvalue weighted by Crippen LogP contribution is 2.44. The van der Waals surface area contributed by atoms with Gasteiger partial charge in [0, 0.05) is 31.7 Å². The predicted molar refractivity (Wildman–Crippen MR) is 74.8 cm³/mol. The molecular weight excluding hydrogens is 292 g/mol. The lowest BCUT2D eigenvalue weighted by atomic mass is 9.80. The van der Waals surface area contributed by atoms with Gasteiger partial charge in [-0.1, -0.05) is 11.6 Å². The first-order valence-electron chi connectivity index (χ1n) is 6.55. The minimum Gasteiger partial charge on any atom is -0.444 e. The maximum atomic E-state index is 12.3. The van der Waals surface area contributed by atoms with Crippen molar-refractivity contribution >= 4 is 17.4 Å². The summed E-state index contributed by atoms with van der Waals surface area (Å²) in [5.74, 6) is -0.115. The number of aromatic nitrogens is 2. The van der Waals surface area contributed by atoms with Crippen molar-refractivity contribution in [2.45, 2.75) is 25.2 Å². The number of hydrogen-bond donors (Lipinski definition) is 1. The Morgan fingerprint density at radius 1 is 1.57 bits per heavy atom. The number of carbonyl (C=O) groups excluding carboxylic acids is 1. The molecule has 2 heterocycles. The number of allylic oxidation sites excluding steroid dienone is 3. The molecule has 0 amide bonds. The number of nitriles is 1. The van der Waals surface area contributed by atoms with Crippen molar-refractivity contribution in [3.05, 3.63) is 39.7 Å². The fourth-order valence-electron chi connectivity index (χ4n) is 2.80. The summed E-state index contributed by atoms with van der Waals surface area (Å²) in [6.45, 7) is 0. The number of halogens is 1. The van der Waals surface area contributed by atoms with Crippen LogP contribution < -0.4 is 5.73 Å². The van der Waals surface area contributed by atoms with Crippen LogP contribution in [-0.2, 0) is 16.6 Å². The van der Waals surface area contributed by atoms with Crippen molar-refractivity contribution in [1.29, 1.82) is 5.26 Å². The first-order valence-corrected chi connectivity index (χ1v) is 6.93. The zero-order valence-electron chi connectivity index (χ0n) is 11.4. The molecule has 0 aromatic carbocycles. The van der Waals surface area contributed by atoms with E-state index in [1.54, 1.807) is 17.9 Å². The SMILES string of the molecule is Cn1cc(Cl)c([C@@H]2C(C#N)=C(N)OC3=C2C(=O)CCC3)n1. The quantitative estimate of drug-likeness (QED) is 0.855. The zero-order chi connectivity index (χ0) is 15.1. The lowest BCUT2D eigenvalue weighted by Crippen LogP contribution is -2.27. The maximum Gasteiger partial charge on any atom is 0.205 e. The average molecular weight is 305 g/mol. The van der Waals surface area contributed by atoms with Gasteiger partial charge >= 0.3 is 0 Å². The summed E-state index contributed by atoms with van der Waals surface area (Å²) in [7, 11) is 1.73. The van der Waals surface area contributed by atoms with Crippen LogP contribution in [0.3, 0.4) is 0 Å². The second-order valence-corrected chi connectivity index (χ2v) is 5.48. The van der Waals surface area contributed by atoms with Gasteiger partial charge in [0.2, 0.25) is 5.88 Å². The first kappa shape index (κ1) is 13.7. The molecule has 6 nitrogen and oxygen atoms in total. The molecule has 1 aromatic rings. The van der Waals surface area contributed by atoms with E-state index in [4.69, 9.17) is 22.1 Å². The Morgan fingerprint density at radius 2 is 2.33 bits per heavy atom. The summed E-state index contributed by atoms with van der Waals surface area (Å²) >= 11 is 6.20. The fourth-order valence-corrected chi connectivity index (χ4v) is 3.09. The van der Waals surface area contributed by atoms with Crippen molar-refractivity contribution in [3.8, 4) is 6.07 Å². The van der Waals surface area contributed by atoms with Gasteiger partial charge in [-0.05, 0) is 6.42 Å². The normalized spacial score (nSPS) is 22.0. The molecule has 2 aliphatic rings. The Kier molecular flexibility index (Phi) is 3.22. The fraction of sp³-hybridized carbons (Fsp3) is 0.357. The molecule has 0 saturated carbocycles. The molecule has 0 unspecified atom stereocenters. The summed E-state index contributed by atoms with van der Waals surface area (Å²) in [5.41, 5.74) is 6.95. The largest absolute Gasteiger partial charge is 0.444 e. The predicted octanol–water partition coefficient (Wildman–Crippen LogP) is 1.89. The van der Waals surface area contributed by atoms with Crippen LogP contribution in [0.1, 0.15) is 30.9 Å². The molecule has 1 aromatic heterocycles. The van der Waals surface area contributed by atoms with E-state index in [1.165, 1.54) is 0 Å². The lowest BCUT2D eigenvalue weighted by Gasteiger charge is -2.29. The van der Waals surface area contributed by atoms with Gasteiger partial charge in [-0.25, -0.2) is 0 Å². The number of Topliss-reactive ketones (excluding diaryl/α,β-unsaturated/α-hetero) is 1. The van der Waals surface area contributed by atoms with Crippen LogP contribution in [0.5, 0.6) is 0 Å². The molecule has 1 aliphatic heterocycles. The Morgan fingerprint density at radius 3 is 2.95 bits per heavy atom. The summed E-state index contributed by atoms with van der Waals surface area (Å²) in [6, 6.07) is 2.03. The van der Waals surface area contributed by atoms with E-state index in [0.29, 0.717) is 34.9 Å². The molecule has 1 aliphatic carbocycles. The Labute approximate surface area is 126 Å². The van der Waals surface area contributed by atoms with Crippen LogP contribution >= 0.6 is 11.6 Å². The molecule has 1 atom stereocenters. The molecule has 2 N–H and O–H groups in total. The Bertz CT molecular complexity index is 739. The van der Waals surface area contributed by atoms with Crippen LogP contribution in [0, 0.1) is 11.3 Å². The van der Waals surface area contributed by atoms with E-state index < -0.39 is 5.92 Å². The van der Waals surface area contributed by atoms with E-state index in [9.17, 15) is 10.1 Å². The second kappa shape index (κ2) is 4.93. The molecular formula is C14H13ClN4O2. The Balaban J connectivity index is 2.22. The van der Waals surface area contributed by atoms with E-state index in [2.05, 4.69) is 5.10 Å². The number of ketones is 1. The molecule has 0 fully saturated rings. The molecule has 0 spiro atoms. The third-order valence-corrected chi connectivity index (χ3v) is 3.98. The molecule has 21 heavy (non-hydrogen) atoms. The van der Waals surface area contributed by atoms with Gasteiger partial charge in [-0.15, -0.1) is 0 Å². The number of nitrogens with zero attached hydrogens (tertiary/aromatic N) is 3. The van der Waals surface area contributed by atoms with Gasteiger partial charge in [0.15, 0.2) is 5.78 Å². The molecule has 3 rings (SSSR count). The molecule has 108 valence electrons. The third-order valence-electron chi connectivity index (χ3n) is 3.69. The smallest absolute Gasteiger partial charge is 0.205 e. The molecule has 0 radical (unpaired) electrons. The topological polar surface area (TPSA) is 93.9 Å². The third kappa shape index (κ3) is 2.10. The number of aryl methyl sites for hydroxylation is 1. The van der Waals surface area contributed by atoms with Crippen molar-refractivity contribution < 1.29 is 9.53 Å². The van der Waals surface area contributed by atoms with Crippen LogP contribution in [0.25, 0.3) is 0 Å². The monoisotopic (exact) mass is 304 g/mol. The second-order valence-electron chi connectivity index (χ2n) is 5.07. The number of ether oxygens (including phenoxy) is 1. The summed E-state index contributed by atoms with van der Waals surface area (Å²) in [6.07, 6.45) is 3.41. The average Bonchev–Trinajstić information content (AvgIpc) is 2.76. The number of carbonyl (C=O) groups is 1. The first-order chi connectivity index (χ1) is 10.0. The van der Waals surface area contributed by atoms with E-state index >= 15 is 0 Å². The van der Waals surface area contributed by atoms with Crippen molar-refractivity contribution in [3.63, 3.8) is 0 Å². The van der Waals surface area contributed by atoms with E-state index in [1.807, 2.05) is 6.07 Å². The van der Waals surface area contributed by atoms with Gasteiger partial charge in [-0.2, -0.15) is 10.4 Å². The lowest BCUT2D eigenvalue weighted by molar-refractivity contribution is -0.116. The van der Waals surface area contributed by atoms with E-state index in [0.717, 1.165) is 6.42 Å². The van der Waals surface area contributed by atoms with Crippen molar-refractivity contribution in [1.82, 2.24) is 9.78 Å². The summed E-state index contributed by atoms with van der Waals surface area (Å²) in [4.78, 5) is 12.3. The highest BCUT2D eigenvalue weighted by Gasteiger charge is 2.40. The highest BCUT2D eigenvalue weighted by molar-refractivity contribution is 6.31. The van der Waals surface area contributed by atoms with Gasteiger partial charge in [-0.3, -0.25) is 9.48 Å². The van der Waals surface area contributed by atoms with Crippen LogP contribution in [0.15, 0.2) is 29.0 Å². The van der Waals surface area contributed by atoms with Crippen LogP contribution in [0.2, 0.25) is 5.02 Å². The standard InChI is InChI=1S/C14H13ClN4O2/c1-19-6-8(15)13(18-19)11-7(5-16)14(17)21-10-4-2-3-9(20)12(10)11/h6,11H,2-4,17H2,1H3/t11-/m1/s1. The van der Waals surface area contributed by atoms with E-state index in [-0.39, 0.29) is 17.2 Å². The molecule has 0 saturated heterocycles. The minimum atomic E-state index is -0.639. The van der Waals surface area contributed by atoms with Crippen molar-refractivity contribution in [2.75, 3.05) is 0 Å². The summed E-state index contributed by atoms with van der Waals surface area (Å²) in [5, 5.41) is 14.1. The van der Waals surface area contributed by atoms with Gasteiger partial charge < -0.3 is 10.5 Å². The van der Waals surface area contributed by atoms with Crippen LogP contribution in [-0.4, -0.2) is 15.6 Å². The van der Waals surface area contributed by atoms with Crippen molar-refractivity contribution in [2.24, 2.45) is 12.8 Å². The van der Waals surface area contributed by atoms with Crippen LogP contribution in [0.4, 0.5) is 0 Å². The summed E-state index contributed by atoms with van der Waals surface area (Å²) < 4.78 is 7.03.